The fourth-order valence-corrected chi connectivity index (χ4v) is 1.44. The van der Waals surface area contributed by atoms with E-state index in [0.717, 1.165) is 5.69 Å². The molecule has 1 aromatic rings. The molecule has 0 radical (unpaired) electrons. The van der Waals surface area contributed by atoms with E-state index in [1.54, 1.807) is 13.0 Å². The lowest BCUT2D eigenvalue weighted by Gasteiger charge is -2.22. The van der Waals surface area contributed by atoms with Gasteiger partial charge in [0.1, 0.15) is 12.7 Å². The van der Waals surface area contributed by atoms with Gasteiger partial charge in [-0.2, -0.15) is 4.98 Å². The number of ether oxygens (including phenoxy) is 3. The lowest BCUT2D eigenvalue weighted by molar-refractivity contribution is -0.102. The number of nitrogens with one attached hydrogen (secondary N) is 1. The third-order valence-electron chi connectivity index (χ3n) is 2.16. The first-order valence-electron chi connectivity index (χ1n) is 5.14. The zero-order chi connectivity index (χ0) is 11.4. The Bertz CT molecular complexity index is 398. The van der Waals surface area contributed by atoms with Gasteiger partial charge in [0.25, 0.3) is 0 Å². The highest BCUT2D eigenvalue weighted by atomic mass is 16.6. The summed E-state index contributed by atoms with van der Waals surface area (Å²) >= 11 is 0. The summed E-state index contributed by atoms with van der Waals surface area (Å²) in [7, 11) is 0. The van der Waals surface area contributed by atoms with E-state index >= 15 is 0 Å². The molecule has 0 amide bonds. The molecular formula is C10H14N2O4. The van der Waals surface area contributed by atoms with Crippen LogP contribution in [0.25, 0.3) is 0 Å². The van der Waals surface area contributed by atoms with Gasteiger partial charge >= 0.3 is 5.69 Å². The Morgan fingerprint density at radius 1 is 1.62 bits per heavy atom. The number of aryl methyl sites for hydroxylation is 1. The van der Waals surface area contributed by atoms with Crippen molar-refractivity contribution in [3.63, 3.8) is 0 Å². The summed E-state index contributed by atoms with van der Waals surface area (Å²) in [5.41, 5.74) is 0.312. The predicted molar refractivity (Wildman–Crippen MR) is 55.6 cm³/mol. The molecule has 1 N–H and O–H groups in total. The van der Waals surface area contributed by atoms with Gasteiger partial charge in [-0.05, 0) is 6.92 Å². The van der Waals surface area contributed by atoms with Crippen molar-refractivity contribution in [3.05, 3.63) is 22.2 Å². The van der Waals surface area contributed by atoms with Crippen molar-refractivity contribution in [2.45, 2.75) is 13.0 Å². The maximum Gasteiger partial charge on any atom is 0.348 e. The molecule has 6 nitrogen and oxygen atoms in total. The molecule has 0 aliphatic carbocycles. The molecule has 1 aliphatic rings. The highest BCUT2D eigenvalue weighted by Crippen LogP contribution is 2.07. The standard InChI is InChI=1S/C10H14N2O4/c1-7-4-9(12-10(13)11-7)16-6-8-5-14-2-3-15-8/h4,8H,2-3,5-6H2,1H3,(H,11,12,13). The predicted octanol–water partition coefficient (Wildman–Crippen LogP) is -0.127. The van der Waals surface area contributed by atoms with Crippen molar-refractivity contribution in [2.24, 2.45) is 0 Å². The van der Waals surface area contributed by atoms with Gasteiger partial charge in [-0.15, -0.1) is 0 Å². The first-order valence-corrected chi connectivity index (χ1v) is 5.14. The third-order valence-corrected chi connectivity index (χ3v) is 2.16. The molecule has 1 saturated heterocycles. The number of nitrogens with zero attached hydrogens (tertiary/aromatic N) is 1. The Kier molecular flexibility index (Phi) is 3.53. The Labute approximate surface area is 92.6 Å². The minimum Gasteiger partial charge on any atom is -0.475 e. The maximum atomic E-state index is 11.1. The van der Waals surface area contributed by atoms with Crippen molar-refractivity contribution in [3.8, 4) is 5.88 Å². The lowest BCUT2D eigenvalue weighted by Crippen LogP contribution is -2.33. The first-order chi connectivity index (χ1) is 7.74. The van der Waals surface area contributed by atoms with Crippen LogP contribution in [0.2, 0.25) is 0 Å². The molecule has 1 unspecified atom stereocenters. The second-order valence-corrected chi connectivity index (χ2v) is 3.59. The van der Waals surface area contributed by atoms with Crippen LogP contribution >= 0.6 is 0 Å². The molecule has 0 spiro atoms. The van der Waals surface area contributed by atoms with Crippen LogP contribution in [0.4, 0.5) is 0 Å². The highest BCUT2D eigenvalue weighted by Gasteiger charge is 2.15. The first kappa shape index (κ1) is 11.1. The molecule has 1 fully saturated rings. The van der Waals surface area contributed by atoms with Crippen molar-refractivity contribution in [1.29, 1.82) is 0 Å². The zero-order valence-corrected chi connectivity index (χ0v) is 9.06. The van der Waals surface area contributed by atoms with Gasteiger partial charge in [-0.25, -0.2) is 4.79 Å². The molecule has 2 rings (SSSR count). The number of rotatable bonds is 3. The normalized spacial score (nSPS) is 20.7. The molecule has 1 aromatic heterocycles. The number of hydrogen-bond donors (Lipinski definition) is 1. The summed E-state index contributed by atoms with van der Waals surface area (Å²) in [5, 5.41) is 0. The van der Waals surface area contributed by atoms with E-state index in [-0.39, 0.29) is 6.10 Å². The molecular weight excluding hydrogens is 212 g/mol. The van der Waals surface area contributed by atoms with Crippen LogP contribution in [0.15, 0.2) is 10.9 Å². The van der Waals surface area contributed by atoms with E-state index in [4.69, 9.17) is 14.2 Å². The number of aromatic nitrogens is 2. The van der Waals surface area contributed by atoms with Crippen LogP contribution < -0.4 is 10.4 Å². The third kappa shape index (κ3) is 3.04. The van der Waals surface area contributed by atoms with Gasteiger partial charge in [-0.3, -0.25) is 0 Å². The SMILES string of the molecule is Cc1cc(OCC2COCCO2)nc(=O)[nH]1. The largest absolute Gasteiger partial charge is 0.475 e. The fraction of sp³-hybridized carbons (Fsp3) is 0.600. The molecule has 88 valence electrons. The van der Waals surface area contributed by atoms with Crippen molar-refractivity contribution < 1.29 is 14.2 Å². The van der Waals surface area contributed by atoms with E-state index in [0.29, 0.717) is 32.3 Å². The van der Waals surface area contributed by atoms with Gasteiger partial charge < -0.3 is 19.2 Å². The monoisotopic (exact) mass is 226 g/mol. The van der Waals surface area contributed by atoms with Crippen molar-refractivity contribution in [2.75, 3.05) is 26.4 Å². The molecule has 16 heavy (non-hydrogen) atoms. The van der Waals surface area contributed by atoms with Crippen molar-refractivity contribution >= 4 is 0 Å². The van der Waals surface area contributed by atoms with Crippen LogP contribution in [-0.4, -0.2) is 42.5 Å². The quantitative estimate of drug-likeness (QED) is 0.777. The summed E-state index contributed by atoms with van der Waals surface area (Å²) in [6, 6.07) is 1.67. The molecule has 0 aromatic carbocycles. The summed E-state index contributed by atoms with van der Waals surface area (Å²) in [6.45, 7) is 3.84. The Morgan fingerprint density at radius 2 is 2.50 bits per heavy atom. The summed E-state index contributed by atoms with van der Waals surface area (Å²) < 4.78 is 16.0. The summed E-state index contributed by atoms with van der Waals surface area (Å²) in [4.78, 5) is 17.3. The second-order valence-electron chi connectivity index (χ2n) is 3.59. The molecule has 1 aliphatic heterocycles. The van der Waals surface area contributed by atoms with Gasteiger partial charge in [0.15, 0.2) is 0 Å². The van der Waals surface area contributed by atoms with Crippen LogP contribution in [0.1, 0.15) is 5.69 Å². The van der Waals surface area contributed by atoms with E-state index in [1.807, 2.05) is 0 Å². The average Bonchev–Trinajstić information content (AvgIpc) is 2.27. The highest BCUT2D eigenvalue weighted by molar-refractivity contribution is 5.11. The minimum absolute atomic E-state index is 0.0878. The van der Waals surface area contributed by atoms with Crippen LogP contribution in [-0.2, 0) is 9.47 Å². The van der Waals surface area contributed by atoms with E-state index in [1.165, 1.54) is 0 Å². The van der Waals surface area contributed by atoms with Crippen molar-refractivity contribution in [1.82, 2.24) is 9.97 Å². The summed E-state index contributed by atoms with van der Waals surface area (Å²) in [5.74, 6) is 0.315. The molecule has 2 heterocycles. The minimum atomic E-state index is -0.407. The van der Waals surface area contributed by atoms with Crippen LogP contribution in [0.3, 0.4) is 0 Å². The Morgan fingerprint density at radius 3 is 3.19 bits per heavy atom. The number of H-pyrrole nitrogens is 1. The van der Waals surface area contributed by atoms with Gasteiger partial charge in [0, 0.05) is 11.8 Å². The summed E-state index contributed by atoms with van der Waals surface area (Å²) in [6.07, 6.45) is -0.0878. The van der Waals surface area contributed by atoms with E-state index in [2.05, 4.69) is 9.97 Å². The molecule has 6 heteroatoms. The Hall–Kier alpha value is -1.40. The zero-order valence-electron chi connectivity index (χ0n) is 9.06. The van der Waals surface area contributed by atoms with Crippen LogP contribution in [0.5, 0.6) is 5.88 Å². The molecule has 1 atom stereocenters. The van der Waals surface area contributed by atoms with Gasteiger partial charge in [0.05, 0.1) is 19.8 Å². The number of aromatic amines is 1. The smallest absolute Gasteiger partial charge is 0.348 e. The number of hydrogen-bond acceptors (Lipinski definition) is 5. The average molecular weight is 226 g/mol. The molecule has 0 bridgehead atoms. The van der Waals surface area contributed by atoms with Crippen LogP contribution in [0, 0.1) is 6.92 Å². The lowest BCUT2D eigenvalue weighted by atomic mass is 10.4. The molecule has 0 saturated carbocycles. The maximum absolute atomic E-state index is 11.1. The Balaban J connectivity index is 1.90. The van der Waals surface area contributed by atoms with E-state index < -0.39 is 5.69 Å². The fourth-order valence-electron chi connectivity index (χ4n) is 1.44. The van der Waals surface area contributed by atoms with Gasteiger partial charge in [0.2, 0.25) is 5.88 Å². The topological polar surface area (TPSA) is 73.4 Å². The van der Waals surface area contributed by atoms with E-state index in [9.17, 15) is 4.79 Å². The van der Waals surface area contributed by atoms with Gasteiger partial charge in [-0.1, -0.05) is 0 Å². The second kappa shape index (κ2) is 5.09.